The van der Waals surface area contributed by atoms with Crippen molar-refractivity contribution in [3.63, 3.8) is 0 Å². The topological polar surface area (TPSA) is 43.4 Å². The van der Waals surface area contributed by atoms with Gasteiger partial charge in [0.2, 0.25) is 0 Å². The monoisotopic (exact) mass is 924 g/mol. The van der Waals surface area contributed by atoms with Crippen molar-refractivity contribution in [2.24, 2.45) is 0 Å². The third-order valence-electron chi connectivity index (χ3n) is 15.2. The van der Waals surface area contributed by atoms with E-state index in [1.165, 1.54) is 0 Å². The molecule has 8 heteroatoms. The predicted octanol–water partition coefficient (Wildman–Crippen LogP) is 13.0. The van der Waals surface area contributed by atoms with E-state index in [1.807, 2.05) is 0 Å². The van der Waals surface area contributed by atoms with E-state index in [1.54, 1.807) is 0 Å². The second-order valence-electron chi connectivity index (χ2n) is 19.1. The Balaban J connectivity index is 0.932. The number of fused-ring (bicyclic) bond motifs is 12. The van der Waals surface area contributed by atoms with Gasteiger partial charge in [-0.15, -0.1) is 0 Å². The minimum atomic E-state index is -0.162. The predicted molar refractivity (Wildman–Crippen MR) is 296 cm³/mol. The molecule has 72 heavy (non-hydrogen) atoms. The van der Waals surface area contributed by atoms with Gasteiger partial charge in [-0.05, 0) is 156 Å². The lowest BCUT2D eigenvalue weighted by Crippen LogP contribution is -2.63. The average molecular weight is 925 g/mol. The fraction of sp³-hybridized carbons (Fsp3) is 0.0312. The summed E-state index contributed by atoms with van der Waals surface area (Å²) in [6.45, 7) is 4.11. The Hall–Kier alpha value is -9.13. The van der Waals surface area contributed by atoms with Crippen LogP contribution in [0.25, 0.3) is 21.5 Å². The molecule has 11 aromatic carbocycles. The Labute approximate surface area is 418 Å². The van der Waals surface area contributed by atoms with E-state index >= 15 is 0 Å². The van der Waals surface area contributed by atoms with Crippen LogP contribution in [-0.4, -0.2) is 13.4 Å². The molecule has 0 unspecified atom stereocenters. The van der Waals surface area contributed by atoms with Crippen molar-refractivity contribution in [1.82, 2.24) is 0 Å². The van der Waals surface area contributed by atoms with Crippen LogP contribution in [0.4, 0.5) is 34.1 Å². The van der Waals surface area contributed by atoms with Crippen molar-refractivity contribution in [3.05, 3.63) is 230 Å². The lowest BCUT2D eigenvalue weighted by molar-refractivity contribution is 0.451. The van der Waals surface area contributed by atoms with Crippen LogP contribution in [0, 0.1) is 13.8 Å². The van der Waals surface area contributed by atoms with Gasteiger partial charge in [0.05, 0.1) is 0 Å². The van der Waals surface area contributed by atoms with Gasteiger partial charge in [0.15, 0.2) is 0 Å². The van der Waals surface area contributed by atoms with Gasteiger partial charge in [-0.1, -0.05) is 115 Å². The summed E-state index contributed by atoms with van der Waals surface area (Å²) in [4.78, 5) is 4.59. The highest BCUT2D eigenvalue weighted by molar-refractivity contribution is 7.01. The fourth-order valence-corrected chi connectivity index (χ4v) is 12.0. The van der Waals surface area contributed by atoms with Gasteiger partial charge < -0.3 is 28.7 Å². The molecular formula is C64H42B2N2O4. The average Bonchev–Trinajstić information content (AvgIpc) is 3.43. The highest BCUT2D eigenvalue weighted by atomic mass is 16.5. The van der Waals surface area contributed by atoms with E-state index in [4.69, 9.17) is 18.9 Å². The molecule has 0 aliphatic carbocycles. The number of ether oxygens (including phenoxy) is 4. The molecule has 15 rings (SSSR count). The first-order valence-electron chi connectivity index (χ1n) is 24.6. The van der Waals surface area contributed by atoms with Gasteiger partial charge in [0.25, 0.3) is 13.4 Å². The van der Waals surface area contributed by atoms with Crippen LogP contribution in [-0.2, 0) is 0 Å². The van der Waals surface area contributed by atoms with Gasteiger partial charge >= 0.3 is 0 Å². The quantitative estimate of drug-likeness (QED) is 0.155. The maximum absolute atomic E-state index is 7.47. The molecule has 0 atom stereocenters. The summed E-state index contributed by atoms with van der Waals surface area (Å²) in [5.41, 5.74) is 15.0. The molecule has 4 aliphatic heterocycles. The molecule has 0 spiro atoms. The molecule has 338 valence electrons. The second-order valence-corrected chi connectivity index (χ2v) is 19.1. The van der Waals surface area contributed by atoms with Crippen molar-refractivity contribution in [3.8, 4) is 46.0 Å². The van der Waals surface area contributed by atoms with Crippen LogP contribution in [0.3, 0.4) is 0 Å². The van der Waals surface area contributed by atoms with E-state index in [-0.39, 0.29) is 13.4 Å². The molecule has 0 amide bonds. The van der Waals surface area contributed by atoms with Crippen molar-refractivity contribution < 1.29 is 18.9 Å². The molecule has 0 saturated heterocycles. The normalized spacial score (nSPS) is 13.0. The van der Waals surface area contributed by atoms with Crippen LogP contribution in [0.5, 0.6) is 46.0 Å². The SMILES string of the molecule is Cc1c2c(c(C)c3c1Oc1c4c(cc5cc(N(c6ccccc6)c6ccccc6)ccc15)Oc1ccccc1B34)B1c3ccccc3Oc3cc4cc(N(c5ccccc5)c5ccccc5)ccc4c(c31)O2. The number of hydrogen-bond donors (Lipinski definition) is 0. The summed E-state index contributed by atoms with van der Waals surface area (Å²) in [6, 6.07) is 76.8. The number of para-hydroxylation sites is 6. The Morgan fingerprint density at radius 2 is 0.653 bits per heavy atom. The first-order valence-corrected chi connectivity index (χ1v) is 24.6. The lowest BCUT2D eigenvalue weighted by atomic mass is 9.30. The van der Waals surface area contributed by atoms with Gasteiger partial charge in [-0.2, -0.15) is 0 Å². The summed E-state index contributed by atoms with van der Waals surface area (Å²) in [5.74, 6) is 6.56. The summed E-state index contributed by atoms with van der Waals surface area (Å²) in [5, 5.41) is 4.08. The zero-order valence-corrected chi connectivity index (χ0v) is 39.5. The highest BCUT2D eigenvalue weighted by Gasteiger charge is 2.48. The van der Waals surface area contributed by atoms with E-state index in [2.05, 4.69) is 242 Å². The van der Waals surface area contributed by atoms with E-state index < -0.39 is 0 Å². The maximum Gasteiger partial charge on any atom is 0.261 e. The summed E-state index contributed by atoms with van der Waals surface area (Å²) in [6.07, 6.45) is 0. The molecule has 6 nitrogen and oxygen atoms in total. The zero-order chi connectivity index (χ0) is 47.6. The van der Waals surface area contributed by atoms with Gasteiger partial charge in [0, 0.05) is 61.4 Å². The molecular weight excluding hydrogens is 882 g/mol. The molecule has 0 bridgehead atoms. The Morgan fingerprint density at radius 3 is 1.04 bits per heavy atom. The number of hydrogen-bond acceptors (Lipinski definition) is 6. The summed E-state index contributed by atoms with van der Waals surface area (Å²) in [7, 11) is 0. The van der Waals surface area contributed by atoms with Crippen LogP contribution in [0.15, 0.2) is 218 Å². The van der Waals surface area contributed by atoms with Crippen molar-refractivity contribution >= 4 is 102 Å². The number of nitrogens with zero attached hydrogens (tertiary/aromatic N) is 2. The third-order valence-corrected chi connectivity index (χ3v) is 15.2. The number of benzene rings is 11. The molecule has 4 aliphatic rings. The van der Waals surface area contributed by atoms with Crippen LogP contribution in [0.1, 0.15) is 11.1 Å². The van der Waals surface area contributed by atoms with E-state index in [0.29, 0.717) is 0 Å². The van der Waals surface area contributed by atoms with Gasteiger partial charge in [-0.3, -0.25) is 0 Å². The van der Waals surface area contributed by atoms with Crippen LogP contribution in [0.2, 0.25) is 0 Å². The Kier molecular flexibility index (Phi) is 8.88. The minimum absolute atomic E-state index is 0.162. The summed E-state index contributed by atoms with van der Waals surface area (Å²) >= 11 is 0. The van der Waals surface area contributed by atoms with Gasteiger partial charge in [0.1, 0.15) is 46.0 Å². The Morgan fingerprint density at radius 1 is 0.292 bits per heavy atom. The standard InChI is InChI=1S/C64H42B2N2O4/c1-39-57-61(71-63-49-33-31-47(67(43-19-7-3-8-20-43)44-21-9-4-10-22-44)35-41(49)37-55-59(63)65(57)51-27-15-17-29-53(51)69-55)40(2)62-58(39)66-52-28-16-18-30-54(52)70-56-38-42-36-48(32-34-50(42)64(72-62)60(56)66)68(45-23-11-5-12-24-45)46-25-13-6-14-26-46/h3-38H,1-2H3. The van der Waals surface area contributed by atoms with Crippen molar-refractivity contribution in [2.45, 2.75) is 13.8 Å². The number of rotatable bonds is 6. The molecule has 0 saturated carbocycles. The molecule has 0 aromatic heterocycles. The first kappa shape index (κ1) is 40.7. The molecule has 4 heterocycles. The van der Waals surface area contributed by atoms with Crippen LogP contribution >= 0.6 is 0 Å². The van der Waals surface area contributed by atoms with Gasteiger partial charge in [-0.25, -0.2) is 0 Å². The second kappa shape index (κ2) is 15.7. The van der Waals surface area contributed by atoms with Crippen molar-refractivity contribution in [1.29, 1.82) is 0 Å². The van der Waals surface area contributed by atoms with Crippen LogP contribution < -0.4 is 61.5 Å². The Bertz CT molecular complexity index is 3700. The largest absolute Gasteiger partial charge is 0.458 e. The first-order chi connectivity index (χ1) is 35.6. The lowest BCUT2D eigenvalue weighted by Gasteiger charge is -2.40. The third kappa shape index (κ3) is 5.99. The molecule has 0 radical (unpaired) electrons. The maximum atomic E-state index is 7.47. The smallest absolute Gasteiger partial charge is 0.261 e. The zero-order valence-electron chi connectivity index (χ0n) is 39.5. The number of anilines is 6. The molecule has 0 fully saturated rings. The molecule has 0 N–H and O–H groups in total. The summed E-state index contributed by atoms with van der Waals surface area (Å²) < 4.78 is 28.8. The molecule has 11 aromatic rings. The van der Waals surface area contributed by atoms with Crippen molar-refractivity contribution in [2.75, 3.05) is 9.80 Å². The van der Waals surface area contributed by atoms with E-state index in [0.717, 1.165) is 146 Å². The highest BCUT2D eigenvalue weighted by Crippen LogP contribution is 2.48. The minimum Gasteiger partial charge on any atom is -0.458 e. The fourth-order valence-electron chi connectivity index (χ4n) is 12.0. The van der Waals surface area contributed by atoms with E-state index in [9.17, 15) is 0 Å².